The van der Waals surface area contributed by atoms with Crippen molar-refractivity contribution < 1.29 is 9.90 Å². The third-order valence-electron chi connectivity index (χ3n) is 3.81. The molecule has 2 heterocycles. The Morgan fingerprint density at radius 3 is 2.74 bits per heavy atom. The summed E-state index contributed by atoms with van der Waals surface area (Å²) < 4.78 is 0. The van der Waals surface area contributed by atoms with E-state index in [9.17, 15) is 4.79 Å². The second-order valence-corrected chi connectivity index (χ2v) is 6.53. The molecule has 0 bridgehead atoms. The molecule has 104 valence electrons. The molecule has 2 rings (SSSR count). The number of anilines is 1. The SMILES string of the molecule is CC(C)(C)C1CCN(c2cc(C(=O)O)c(Cl)cn2)C1. The van der Waals surface area contributed by atoms with Crippen LogP contribution in [0.1, 0.15) is 37.6 Å². The molecule has 1 aromatic rings. The minimum atomic E-state index is -1.01. The van der Waals surface area contributed by atoms with E-state index in [1.54, 1.807) is 6.07 Å². The first-order valence-corrected chi connectivity index (χ1v) is 6.80. The molecule has 0 radical (unpaired) electrons. The van der Waals surface area contributed by atoms with Crippen LogP contribution in [-0.4, -0.2) is 29.1 Å². The van der Waals surface area contributed by atoms with Crippen molar-refractivity contribution in [3.05, 3.63) is 22.8 Å². The fourth-order valence-electron chi connectivity index (χ4n) is 2.44. The van der Waals surface area contributed by atoms with E-state index in [0.29, 0.717) is 11.7 Å². The van der Waals surface area contributed by atoms with Crippen LogP contribution in [-0.2, 0) is 0 Å². The van der Waals surface area contributed by atoms with Crippen LogP contribution in [0.15, 0.2) is 12.3 Å². The molecular weight excluding hydrogens is 264 g/mol. The van der Waals surface area contributed by atoms with E-state index in [-0.39, 0.29) is 16.0 Å². The van der Waals surface area contributed by atoms with Crippen molar-refractivity contribution in [1.82, 2.24) is 4.98 Å². The molecule has 0 amide bonds. The Balaban J connectivity index is 2.20. The Kier molecular flexibility index (Phi) is 3.72. The van der Waals surface area contributed by atoms with E-state index >= 15 is 0 Å². The lowest BCUT2D eigenvalue weighted by Gasteiger charge is -2.27. The average molecular weight is 283 g/mol. The summed E-state index contributed by atoms with van der Waals surface area (Å²) in [6.45, 7) is 8.53. The summed E-state index contributed by atoms with van der Waals surface area (Å²) >= 11 is 5.84. The summed E-state index contributed by atoms with van der Waals surface area (Å²) in [7, 11) is 0. The van der Waals surface area contributed by atoms with E-state index in [4.69, 9.17) is 16.7 Å². The topological polar surface area (TPSA) is 53.4 Å². The van der Waals surface area contributed by atoms with E-state index < -0.39 is 5.97 Å². The van der Waals surface area contributed by atoms with Gasteiger partial charge in [-0.25, -0.2) is 9.78 Å². The van der Waals surface area contributed by atoms with Crippen molar-refractivity contribution in [2.24, 2.45) is 11.3 Å². The van der Waals surface area contributed by atoms with E-state index in [1.165, 1.54) is 6.20 Å². The van der Waals surface area contributed by atoms with Gasteiger partial charge in [0.25, 0.3) is 0 Å². The van der Waals surface area contributed by atoms with Crippen LogP contribution in [0.3, 0.4) is 0 Å². The van der Waals surface area contributed by atoms with Crippen molar-refractivity contribution in [1.29, 1.82) is 0 Å². The van der Waals surface area contributed by atoms with Gasteiger partial charge in [-0.1, -0.05) is 32.4 Å². The molecule has 19 heavy (non-hydrogen) atoms. The molecule has 1 atom stereocenters. The first-order valence-electron chi connectivity index (χ1n) is 6.43. The molecule has 1 aromatic heterocycles. The molecule has 4 nitrogen and oxygen atoms in total. The second-order valence-electron chi connectivity index (χ2n) is 6.13. The summed E-state index contributed by atoms with van der Waals surface area (Å²) in [5, 5.41) is 9.27. The maximum Gasteiger partial charge on any atom is 0.337 e. The van der Waals surface area contributed by atoms with E-state index in [1.807, 2.05) is 0 Å². The van der Waals surface area contributed by atoms with Crippen molar-refractivity contribution in [2.45, 2.75) is 27.2 Å². The number of carbonyl (C=O) groups is 1. The van der Waals surface area contributed by atoms with Gasteiger partial charge >= 0.3 is 5.97 Å². The summed E-state index contributed by atoms with van der Waals surface area (Å²) in [6.07, 6.45) is 2.53. The average Bonchev–Trinajstić information content (AvgIpc) is 2.78. The van der Waals surface area contributed by atoms with Gasteiger partial charge < -0.3 is 10.0 Å². The first kappa shape index (κ1) is 14.1. The van der Waals surface area contributed by atoms with Crippen molar-refractivity contribution >= 4 is 23.4 Å². The van der Waals surface area contributed by atoms with Crippen LogP contribution in [0.4, 0.5) is 5.82 Å². The van der Waals surface area contributed by atoms with Gasteiger partial charge in [0.1, 0.15) is 5.82 Å². The quantitative estimate of drug-likeness (QED) is 0.904. The zero-order valence-electron chi connectivity index (χ0n) is 11.5. The van der Waals surface area contributed by atoms with Crippen molar-refractivity contribution in [2.75, 3.05) is 18.0 Å². The largest absolute Gasteiger partial charge is 0.478 e. The predicted molar refractivity (Wildman–Crippen MR) is 76.0 cm³/mol. The molecule has 0 aliphatic carbocycles. The predicted octanol–water partition coefficient (Wildman–Crippen LogP) is 3.31. The number of halogens is 1. The number of carboxylic acids is 1. The summed E-state index contributed by atoms with van der Waals surface area (Å²) in [5.74, 6) is 0.284. The third-order valence-corrected chi connectivity index (χ3v) is 4.11. The van der Waals surface area contributed by atoms with Gasteiger partial charge in [-0.05, 0) is 23.8 Å². The molecule has 0 spiro atoms. The normalized spacial score (nSPS) is 19.8. The highest BCUT2D eigenvalue weighted by Gasteiger charge is 2.32. The highest BCUT2D eigenvalue weighted by atomic mass is 35.5. The number of hydrogen-bond donors (Lipinski definition) is 1. The highest BCUT2D eigenvalue weighted by molar-refractivity contribution is 6.33. The lowest BCUT2D eigenvalue weighted by molar-refractivity contribution is 0.0697. The zero-order chi connectivity index (χ0) is 14.2. The van der Waals surface area contributed by atoms with Crippen LogP contribution < -0.4 is 4.90 Å². The molecule has 0 aromatic carbocycles. The number of carboxylic acid groups (broad SMARTS) is 1. The van der Waals surface area contributed by atoms with Gasteiger partial charge in [-0.2, -0.15) is 0 Å². The molecule has 5 heteroatoms. The smallest absolute Gasteiger partial charge is 0.337 e. The van der Waals surface area contributed by atoms with Gasteiger partial charge in [0.05, 0.1) is 10.6 Å². The Hall–Kier alpha value is -1.29. The maximum absolute atomic E-state index is 11.1. The zero-order valence-corrected chi connectivity index (χ0v) is 12.2. The number of nitrogens with zero attached hydrogens (tertiary/aromatic N) is 2. The number of aromatic nitrogens is 1. The van der Waals surface area contributed by atoms with Crippen LogP contribution in [0.25, 0.3) is 0 Å². The number of aromatic carboxylic acids is 1. The molecule has 1 aliphatic rings. The fraction of sp³-hybridized carbons (Fsp3) is 0.571. The Morgan fingerprint density at radius 1 is 1.53 bits per heavy atom. The monoisotopic (exact) mass is 282 g/mol. The number of hydrogen-bond acceptors (Lipinski definition) is 3. The van der Waals surface area contributed by atoms with Gasteiger partial charge in [0, 0.05) is 19.3 Å². The van der Waals surface area contributed by atoms with Crippen molar-refractivity contribution in [3.8, 4) is 0 Å². The number of rotatable bonds is 2. The highest BCUT2D eigenvalue weighted by Crippen LogP contribution is 2.35. The molecule has 1 fully saturated rings. The minimum absolute atomic E-state index is 0.117. The third kappa shape index (κ3) is 3.00. The summed E-state index contributed by atoms with van der Waals surface area (Å²) in [6, 6.07) is 1.57. The fourth-order valence-corrected chi connectivity index (χ4v) is 2.62. The van der Waals surface area contributed by atoms with Crippen LogP contribution in [0.2, 0.25) is 5.02 Å². The van der Waals surface area contributed by atoms with E-state index in [0.717, 1.165) is 19.5 Å². The summed E-state index contributed by atoms with van der Waals surface area (Å²) in [5.41, 5.74) is 0.377. The molecule has 1 N–H and O–H groups in total. The summed E-state index contributed by atoms with van der Waals surface area (Å²) in [4.78, 5) is 17.5. The Labute approximate surface area is 118 Å². The maximum atomic E-state index is 11.1. The van der Waals surface area contributed by atoms with Crippen LogP contribution in [0, 0.1) is 11.3 Å². The first-order chi connectivity index (χ1) is 8.79. The van der Waals surface area contributed by atoms with Gasteiger partial charge in [0.2, 0.25) is 0 Å². The molecule has 1 unspecified atom stereocenters. The van der Waals surface area contributed by atoms with E-state index in [2.05, 4.69) is 30.7 Å². The molecule has 1 aliphatic heterocycles. The van der Waals surface area contributed by atoms with Gasteiger partial charge in [0.15, 0.2) is 0 Å². The van der Waals surface area contributed by atoms with Crippen molar-refractivity contribution in [3.63, 3.8) is 0 Å². The standard InChI is InChI=1S/C14H19ClN2O2/c1-14(2,3)9-4-5-17(8-9)12-6-10(13(18)19)11(15)7-16-12/h6-7,9H,4-5,8H2,1-3H3,(H,18,19). The lowest BCUT2D eigenvalue weighted by Crippen LogP contribution is -2.26. The van der Waals surface area contributed by atoms with Crippen LogP contribution >= 0.6 is 11.6 Å². The molecular formula is C14H19ClN2O2. The minimum Gasteiger partial charge on any atom is -0.478 e. The lowest BCUT2D eigenvalue weighted by atomic mass is 9.80. The molecule has 0 saturated carbocycles. The van der Waals surface area contributed by atoms with Gasteiger partial charge in [-0.15, -0.1) is 0 Å². The van der Waals surface area contributed by atoms with Crippen LogP contribution in [0.5, 0.6) is 0 Å². The Morgan fingerprint density at radius 2 is 2.21 bits per heavy atom. The Bertz CT molecular complexity index is 497. The number of pyridine rings is 1. The van der Waals surface area contributed by atoms with Gasteiger partial charge in [-0.3, -0.25) is 0 Å². The second kappa shape index (κ2) is 5.00. The molecule has 1 saturated heterocycles.